The Morgan fingerprint density at radius 1 is 1.12 bits per heavy atom. The lowest BCUT2D eigenvalue weighted by atomic mass is 10.2. The zero-order chi connectivity index (χ0) is 22.1. The minimum Gasteiger partial charge on any atom is -0.497 e. The minimum absolute atomic E-state index is 0. The molecule has 0 unspecified atom stereocenters. The first-order valence-electron chi connectivity index (χ1n) is 11.3. The molecule has 1 aliphatic heterocycles. The number of hydrogen-bond donors (Lipinski definition) is 1. The predicted octanol–water partition coefficient (Wildman–Crippen LogP) is 3.26. The third kappa shape index (κ3) is 7.58. The molecule has 8 heteroatoms. The summed E-state index contributed by atoms with van der Waals surface area (Å²) in [6, 6.07) is 12.6. The number of ether oxygens (including phenoxy) is 1. The third-order valence-corrected chi connectivity index (χ3v) is 5.85. The molecule has 1 saturated heterocycles. The molecule has 7 nitrogen and oxygen atoms in total. The van der Waals surface area contributed by atoms with Crippen molar-refractivity contribution < 1.29 is 4.74 Å². The number of guanidine groups is 1. The fourth-order valence-electron chi connectivity index (χ4n) is 3.95. The fraction of sp³-hybridized carbons (Fsp3) is 0.542. The summed E-state index contributed by atoms with van der Waals surface area (Å²) in [5.74, 6) is 1.89. The van der Waals surface area contributed by atoms with Crippen molar-refractivity contribution >= 4 is 35.6 Å². The van der Waals surface area contributed by atoms with E-state index in [2.05, 4.69) is 76.1 Å². The highest BCUT2D eigenvalue weighted by Crippen LogP contribution is 2.20. The van der Waals surface area contributed by atoms with Gasteiger partial charge in [-0.2, -0.15) is 0 Å². The van der Waals surface area contributed by atoms with Gasteiger partial charge in [0.2, 0.25) is 0 Å². The van der Waals surface area contributed by atoms with Crippen LogP contribution in [0.2, 0.25) is 0 Å². The van der Waals surface area contributed by atoms with E-state index in [1.165, 1.54) is 11.4 Å². The molecule has 2 aromatic rings. The van der Waals surface area contributed by atoms with Crippen LogP contribution in [0.3, 0.4) is 0 Å². The number of aromatic nitrogens is 1. The van der Waals surface area contributed by atoms with Gasteiger partial charge >= 0.3 is 0 Å². The molecule has 178 valence electrons. The number of hydrogen-bond acceptors (Lipinski definition) is 4. The van der Waals surface area contributed by atoms with Crippen molar-refractivity contribution in [3.05, 3.63) is 48.3 Å². The monoisotopic (exact) mass is 554 g/mol. The predicted molar refractivity (Wildman–Crippen MR) is 145 cm³/mol. The van der Waals surface area contributed by atoms with Crippen LogP contribution in [0.1, 0.15) is 19.0 Å². The number of rotatable bonds is 9. The van der Waals surface area contributed by atoms with Gasteiger partial charge in [-0.25, -0.2) is 0 Å². The highest BCUT2D eigenvalue weighted by atomic mass is 127. The van der Waals surface area contributed by atoms with Gasteiger partial charge in [0.1, 0.15) is 5.75 Å². The second-order valence-electron chi connectivity index (χ2n) is 8.08. The van der Waals surface area contributed by atoms with Crippen molar-refractivity contribution in [2.24, 2.45) is 12.0 Å². The van der Waals surface area contributed by atoms with Gasteiger partial charge in [-0.3, -0.25) is 9.89 Å². The van der Waals surface area contributed by atoms with Gasteiger partial charge < -0.3 is 24.4 Å². The zero-order valence-electron chi connectivity index (χ0n) is 20.0. The van der Waals surface area contributed by atoms with Crippen LogP contribution in [0, 0.1) is 0 Å². The van der Waals surface area contributed by atoms with E-state index in [9.17, 15) is 0 Å². The average Bonchev–Trinajstić information content (AvgIpc) is 3.20. The first-order chi connectivity index (χ1) is 15.1. The number of halogens is 1. The summed E-state index contributed by atoms with van der Waals surface area (Å²) in [6.07, 6.45) is 3.16. The molecule has 1 fully saturated rings. The van der Waals surface area contributed by atoms with Gasteiger partial charge in [-0.1, -0.05) is 0 Å². The topological polar surface area (TPSA) is 48.3 Å². The van der Waals surface area contributed by atoms with Gasteiger partial charge in [0.05, 0.1) is 13.7 Å². The van der Waals surface area contributed by atoms with E-state index < -0.39 is 0 Å². The van der Waals surface area contributed by atoms with Gasteiger partial charge in [-0.05, 0) is 49.7 Å². The molecule has 0 bridgehead atoms. The maximum Gasteiger partial charge on any atom is 0.194 e. The van der Waals surface area contributed by atoms with Crippen LogP contribution >= 0.6 is 24.0 Å². The molecule has 2 heterocycles. The molecule has 1 aromatic carbocycles. The molecular weight excluding hydrogens is 515 g/mol. The van der Waals surface area contributed by atoms with Crippen LogP contribution in [-0.2, 0) is 13.6 Å². The molecule has 0 amide bonds. The molecule has 32 heavy (non-hydrogen) atoms. The lowest BCUT2D eigenvalue weighted by molar-refractivity contribution is 0.256. The smallest absolute Gasteiger partial charge is 0.194 e. The van der Waals surface area contributed by atoms with Crippen molar-refractivity contribution in [2.75, 3.05) is 64.9 Å². The van der Waals surface area contributed by atoms with Crippen molar-refractivity contribution in [1.82, 2.24) is 19.7 Å². The molecule has 0 spiro atoms. The Kier molecular flexibility index (Phi) is 11.2. The lowest BCUT2D eigenvalue weighted by Gasteiger charge is -2.36. The number of nitrogens with zero attached hydrogens (tertiary/aromatic N) is 5. The standard InChI is InChI=1S/C24H38N6O.HI/c1-5-25-24(28(3)20-22-8-6-14-27(22)2)26-13-7-15-29-16-18-30(19-17-29)21-9-11-23(31-4)12-10-21;/h6,8-12,14H,5,7,13,15-20H2,1-4H3,(H,25,26);1H. The van der Waals surface area contributed by atoms with E-state index >= 15 is 0 Å². The maximum atomic E-state index is 5.26. The molecule has 1 N–H and O–H groups in total. The van der Waals surface area contributed by atoms with Crippen LogP contribution in [0.4, 0.5) is 5.69 Å². The second-order valence-corrected chi connectivity index (χ2v) is 8.08. The highest BCUT2D eigenvalue weighted by molar-refractivity contribution is 14.0. The summed E-state index contributed by atoms with van der Waals surface area (Å²) in [6.45, 7) is 10.1. The van der Waals surface area contributed by atoms with Crippen molar-refractivity contribution in [1.29, 1.82) is 0 Å². The zero-order valence-corrected chi connectivity index (χ0v) is 22.3. The van der Waals surface area contributed by atoms with Crippen molar-refractivity contribution in [3.63, 3.8) is 0 Å². The molecule has 3 rings (SSSR count). The van der Waals surface area contributed by atoms with Crippen LogP contribution in [-0.4, -0.2) is 80.3 Å². The Bertz CT molecular complexity index is 814. The minimum atomic E-state index is 0. The average molecular weight is 555 g/mol. The van der Waals surface area contributed by atoms with Crippen molar-refractivity contribution in [3.8, 4) is 5.75 Å². The lowest BCUT2D eigenvalue weighted by Crippen LogP contribution is -2.46. The van der Waals surface area contributed by atoms with E-state index in [0.717, 1.165) is 70.5 Å². The van der Waals surface area contributed by atoms with E-state index in [1.54, 1.807) is 7.11 Å². The van der Waals surface area contributed by atoms with Gasteiger partial charge in [0.25, 0.3) is 0 Å². The van der Waals surface area contributed by atoms with E-state index in [-0.39, 0.29) is 24.0 Å². The maximum absolute atomic E-state index is 5.26. The summed E-state index contributed by atoms with van der Waals surface area (Å²) >= 11 is 0. The molecule has 0 saturated carbocycles. The largest absolute Gasteiger partial charge is 0.497 e. The van der Waals surface area contributed by atoms with Crippen LogP contribution in [0.5, 0.6) is 5.75 Å². The van der Waals surface area contributed by atoms with Crippen LogP contribution in [0.25, 0.3) is 0 Å². The van der Waals surface area contributed by atoms with Crippen LogP contribution < -0.4 is 15.0 Å². The van der Waals surface area contributed by atoms with Gasteiger partial charge in [0, 0.05) is 77.5 Å². The number of anilines is 1. The third-order valence-electron chi connectivity index (χ3n) is 5.85. The fourth-order valence-corrected chi connectivity index (χ4v) is 3.95. The Balaban J connectivity index is 0.00000363. The highest BCUT2D eigenvalue weighted by Gasteiger charge is 2.17. The number of aliphatic imine (C=N–C) groups is 1. The Hall–Kier alpha value is -1.94. The summed E-state index contributed by atoms with van der Waals surface area (Å²) in [7, 11) is 5.90. The first-order valence-corrected chi connectivity index (χ1v) is 11.3. The molecule has 0 aliphatic carbocycles. The Labute approximate surface area is 210 Å². The first kappa shape index (κ1) is 26.3. The molecular formula is C24H39IN6O. The quantitative estimate of drug-likeness (QED) is 0.223. The summed E-state index contributed by atoms with van der Waals surface area (Å²) in [4.78, 5) is 12.1. The van der Waals surface area contributed by atoms with Crippen molar-refractivity contribution in [2.45, 2.75) is 19.9 Å². The van der Waals surface area contributed by atoms with E-state index in [0.29, 0.717) is 0 Å². The summed E-state index contributed by atoms with van der Waals surface area (Å²) in [5, 5.41) is 3.42. The van der Waals surface area contributed by atoms with E-state index in [4.69, 9.17) is 9.73 Å². The molecule has 0 atom stereocenters. The van der Waals surface area contributed by atoms with Gasteiger partial charge in [0.15, 0.2) is 5.96 Å². The van der Waals surface area contributed by atoms with Crippen LogP contribution in [0.15, 0.2) is 47.6 Å². The second kappa shape index (κ2) is 13.6. The number of methoxy groups -OCH3 is 1. The van der Waals surface area contributed by atoms with Gasteiger partial charge in [-0.15, -0.1) is 24.0 Å². The molecule has 1 aliphatic rings. The molecule has 1 aromatic heterocycles. The Morgan fingerprint density at radius 2 is 1.84 bits per heavy atom. The Morgan fingerprint density at radius 3 is 2.44 bits per heavy atom. The summed E-state index contributed by atoms with van der Waals surface area (Å²) in [5.41, 5.74) is 2.56. The number of piperazine rings is 1. The molecule has 0 radical (unpaired) electrons. The number of nitrogens with one attached hydrogen (secondary N) is 1. The normalized spacial score (nSPS) is 14.8. The SMILES string of the molecule is CCNC(=NCCCN1CCN(c2ccc(OC)cc2)CC1)N(C)Cc1cccn1C.I. The summed E-state index contributed by atoms with van der Waals surface area (Å²) < 4.78 is 7.42. The van der Waals surface area contributed by atoms with E-state index in [1.807, 2.05) is 12.1 Å². The number of benzene rings is 1. The number of aryl methyl sites for hydroxylation is 1.